The van der Waals surface area contributed by atoms with Crippen molar-refractivity contribution >= 4 is 50.1 Å². The third kappa shape index (κ3) is 2.65. The number of fused-ring (bicyclic) bond motifs is 5. The van der Waals surface area contributed by atoms with E-state index in [2.05, 4.69) is 4.98 Å². The molecule has 3 aromatic carbocycles. The van der Waals surface area contributed by atoms with E-state index in [0.717, 1.165) is 32.8 Å². The molecule has 0 bridgehead atoms. The van der Waals surface area contributed by atoms with Gasteiger partial charge in [0, 0.05) is 32.3 Å². The van der Waals surface area contributed by atoms with Crippen LogP contribution in [0.4, 0.5) is 0 Å². The molecule has 0 amide bonds. The SMILES string of the molecule is Cc1cc(Cl)cc2c1[nH]c1c3cc(O)c(C(=O)[O-])cc3ccc21.[K+]. The molecule has 0 aliphatic heterocycles. The third-order valence-electron chi connectivity index (χ3n) is 4.20. The van der Waals surface area contributed by atoms with Crippen molar-refractivity contribution in [2.75, 3.05) is 0 Å². The zero-order chi connectivity index (χ0) is 16.3. The number of aromatic carboxylic acids is 1. The number of nitrogens with one attached hydrogen (secondary N) is 1. The van der Waals surface area contributed by atoms with Crippen molar-refractivity contribution in [2.45, 2.75) is 6.92 Å². The summed E-state index contributed by atoms with van der Waals surface area (Å²) in [6, 6.07) is 10.4. The number of aryl methyl sites for hydroxylation is 1. The first-order chi connectivity index (χ1) is 11.0. The number of hydrogen-bond donors (Lipinski definition) is 2. The van der Waals surface area contributed by atoms with E-state index in [9.17, 15) is 15.0 Å². The summed E-state index contributed by atoms with van der Waals surface area (Å²) in [6.07, 6.45) is 0. The van der Waals surface area contributed by atoms with Gasteiger partial charge in [0.15, 0.2) is 0 Å². The minimum absolute atomic E-state index is 0. The van der Waals surface area contributed by atoms with Crippen molar-refractivity contribution in [3.8, 4) is 5.75 Å². The summed E-state index contributed by atoms with van der Waals surface area (Å²) >= 11 is 6.15. The predicted molar refractivity (Wildman–Crippen MR) is 89.1 cm³/mol. The van der Waals surface area contributed by atoms with Crippen molar-refractivity contribution in [3.05, 3.63) is 52.5 Å². The number of aromatic amines is 1. The Morgan fingerprint density at radius 2 is 1.83 bits per heavy atom. The maximum atomic E-state index is 11.1. The second kappa shape index (κ2) is 6.33. The molecule has 0 aliphatic rings. The summed E-state index contributed by atoms with van der Waals surface area (Å²) in [4.78, 5) is 14.4. The molecular formula is C18H11ClKNO3. The molecule has 0 saturated heterocycles. The molecule has 0 radical (unpaired) electrons. The zero-order valence-corrected chi connectivity index (χ0v) is 17.0. The number of rotatable bonds is 1. The molecule has 4 aromatic rings. The molecule has 0 unspecified atom stereocenters. The van der Waals surface area contributed by atoms with Gasteiger partial charge < -0.3 is 20.0 Å². The number of carboxylic acid groups (broad SMARTS) is 1. The van der Waals surface area contributed by atoms with Gasteiger partial charge in [-0.15, -0.1) is 0 Å². The van der Waals surface area contributed by atoms with Crippen LogP contribution in [0.5, 0.6) is 5.75 Å². The van der Waals surface area contributed by atoms with Gasteiger partial charge in [0.05, 0.1) is 11.5 Å². The van der Waals surface area contributed by atoms with Crippen molar-refractivity contribution in [2.24, 2.45) is 0 Å². The molecule has 2 N–H and O–H groups in total. The fourth-order valence-corrected chi connectivity index (χ4v) is 3.40. The van der Waals surface area contributed by atoms with E-state index in [1.54, 1.807) is 0 Å². The molecule has 1 aromatic heterocycles. The smallest absolute Gasteiger partial charge is 0.545 e. The molecule has 4 nitrogen and oxygen atoms in total. The van der Waals surface area contributed by atoms with Gasteiger partial charge in [-0.2, -0.15) is 0 Å². The van der Waals surface area contributed by atoms with Crippen molar-refractivity contribution in [1.29, 1.82) is 0 Å². The van der Waals surface area contributed by atoms with Crippen molar-refractivity contribution in [1.82, 2.24) is 4.98 Å². The Labute approximate surface area is 184 Å². The minimum atomic E-state index is -1.40. The number of aromatic hydroxyl groups is 1. The molecule has 4 rings (SSSR count). The summed E-state index contributed by atoms with van der Waals surface area (Å²) in [5.41, 5.74) is 2.61. The topological polar surface area (TPSA) is 76.1 Å². The van der Waals surface area contributed by atoms with Crippen LogP contribution in [0.1, 0.15) is 15.9 Å². The Kier molecular flexibility index (Phi) is 4.68. The van der Waals surface area contributed by atoms with Gasteiger partial charge in [0.2, 0.25) is 0 Å². The number of carbonyl (C=O) groups excluding carboxylic acids is 1. The second-order valence-corrected chi connectivity index (χ2v) is 6.07. The van der Waals surface area contributed by atoms with Gasteiger partial charge in [0.25, 0.3) is 0 Å². The molecule has 24 heavy (non-hydrogen) atoms. The quantitative estimate of drug-likeness (QED) is 0.484. The summed E-state index contributed by atoms with van der Waals surface area (Å²) in [5.74, 6) is -1.71. The molecule has 0 aliphatic carbocycles. The van der Waals surface area contributed by atoms with Crippen molar-refractivity contribution < 1.29 is 66.4 Å². The molecule has 0 spiro atoms. The molecule has 0 fully saturated rings. The number of hydrogen-bond acceptors (Lipinski definition) is 3. The number of aromatic nitrogens is 1. The number of carbonyl (C=O) groups is 1. The van der Waals surface area contributed by atoms with E-state index in [4.69, 9.17) is 11.6 Å². The van der Waals surface area contributed by atoms with E-state index in [0.29, 0.717) is 10.4 Å². The molecule has 6 heteroatoms. The molecule has 0 atom stereocenters. The number of H-pyrrole nitrogens is 1. The van der Waals surface area contributed by atoms with E-state index in [1.165, 1.54) is 12.1 Å². The fourth-order valence-electron chi connectivity index (χ4n) is 3.13. The molecule has 0 saturated carbocycles. The summed E-state index contributed by atoms with van der Waals surface area (Å²) < 4.78 is 0. The van der Waals surface area contributed by atoms with Gasteiger partial charge >= 0.3 is 51.4 Å². The van der Waals surface area contributed by atoms with Crippen LogP contribution in [-0.4, -0.2) is 16.1 Å². The minimum Gasteiger partial charge on any atom is -0.545 e. The maximum Gasteiger partial charge on any atom is 1.00 e. The standard InChI is InChI=1S/C18H12ClNO3.K/c1-8-4-10(19)6-13-11-3-2-9-5-14(18(22)23)15(21)7-12(9)17(11)20-16(8)13;/h2-7,20-21H,1H3,(H,22,23);/q;+1/p-1. The van der Waals surface area contributed by atoms with E-state index in [-0.39, 0.29) is 62.7 Å². The molecular weight excluding hydrogens is 353 g/mol. The monoisotopic (exact) mass is 363 g/mol. The van der Waals surface area contributed by atoms with Gasteiger partial charge in [-0.3, -0.25) is 0 Å². The first-order valence-electron chi connectivity index (χ1n) is 7.04. The Hall–Kier alpha value is -1.08. The predicted octanol–water partition coefficient (Wildman–Crippen LogP) is 0.509. The Balaban J connectivity index is 0.00000169. The van der Waals surface area contributed by atoms with Crippen molar-refractivity contribution in [3.63, 3.8) is 0 Å². The summed E-state index contributed by atoms with van der Waals surface area (Å²) in [6.45, 7) is 1.97. The molecule has 1 heterocycles. The van der Waals surface area contributed by atoms with Gasteiger partial charge in [0.1, 0.15) is 5.75 Å². The average Bonchev–Trinajstić information content (AvgIpc) is 2.86. The summed E-state index contributed by atoms with van der Waals surface area (Å²) in [7, 11) is 0. The average molecular weight is 364 g/mol. The normalized spacial score (nSPS) is 11.1. The van der Waals surface area contributed by atoms with Crippen LogP contribution >= 0.6 is 11.6 Å². The van der Waals surface area contributed by atoms with E-state index < -0.39 is 5.97 Å². The summed E-state index contributed by atoms with van der Waals surface area (Å²) in [5, 5.41) is 25.1. The van der Waals surface area contributed by atoms with Gasteiger partial charge in [-0.25, -0.2) is 0 Å². The second-order valence-electron chi connectivity index (χ2n) is 5.64. The maximum absolute atomic E-state index is 11.1. The number of carboxylic acids is 1. The third-order valence-corrected chi connectivity index (χ3v) is 4.41. The van der Waals surface area contributed by atoms with Crippen LogP contribution in [0.3, 0.4) is 0 Å². The van der Waals surface area contributed by atoms with Crippen LogP contribution in [-0.2, 0) is 0 Å². The van der Waals surface area contributed by atoms with Crippen LogP contribution in [0.2, 0.25) is 5.02 Å². The van der Waals surface area contributed by atoms with Gasteiger partial charge in [-0.1, -0.05) is 23.7 Å². The van der Waals surface area contributed by atoms with Gasteiger partial charge in [-0.05, 0) is 42.1 Å². The van der Waals surface area contributed by atoms with E-state index in [1.807, 2.05) is 31.2 Å². The largest absolute Gasteiger partial charge is 1.00 e. The zero-order valence-electron chi connectivity index (χ0n) is 13.1. The Morgan fingerprint density at radius 1 is 1.08 bits per heavy atom. The van der Waals surface area contributed by atoms with Crippen LogP contribution in [0.25, 0.3) is 32.6 Å². The Morgan fingerprint density at radius 3 is 2.54 bits per heavy atom. The van der Waals surface area contributed by atoms with Crippen LogP contribution in [0.15, 0.2) is 36.4 Å². The number of benzene rings is 3. The van der Waals surface area contributed by atoms with Crippen LogP contribution in [0, 0.1) is 6.92 Å². The van der Waals surface area contributed by atoms with Crippen LogP contribution < -0.4 is 56.5 Å². The number of phenols is 1. The molecule has 114 valence electrons. The van der Waals surface area contributed by atoms with E-state index >= 15 is 0 Å². The number of halogens is 1. The fraction of sp³-hybridized carbons (Fsp3) is 0.0556. The Bertz CT molecular complexity index is 1130. The first kappa shape index (κ1) is 17.7. The first-order valence-corrected chi connectivity index (χ1v) is 7.42.